The first-order valence-electron chi connectivity index (χ1n) is 14.4. The van der Waals surface area contributed by atoms with E-state index in [0.717, 1.165) is 9.87 Å². The molecule has 2 amide bonds. The standard InChI is InChI=1S/C34H34Cl3N3O5S/c1-23(2)38-34(42)31(19-24-10-6-4-7-11-24)39(21-25-14-16-28(35)29(36)18-25)33(41)22-40(26-15-17-32(45-3)30(37)20-26)46(43,44)27-12-8-5-9-13-27/h4-18,20,23,31H,19,21-22H2,1-3H3,(H,38,42)/t31-/m0/s1. The van der Waals surface area contributed by atoms with Crippen LogP contribution in [0.15, 0.2) is 102 Å². The highest BCUT2D eigenvalue weighted by atomic mass is 35.5. The van der Waals surface area contributed by atoms with E-state index in [0.29, 0.717) is 16.3 Å². The van der Waals surface area contributed by atoms with Gasteiger partial charge in [-0.15, -0.1) is 0 Å². The number of nitrogens with one attached hydrogen (secondary N) is 1. The van der Waals surface area contributed by atoms with Gasteiger partial charge >= 0.3 is 0 Å². The van der Waals surface area contributed by atoms with Gasteiger partial charge in [-0.1, -0.05) is 89.4 Å². The molecule has 0 aliphatic rings. The molecular weight excluding hydrogens is 669 g/mol. The van der Waals surface area contributed by atoms with Crippen LogP contribution in [0.4, 0.5) is 5.69 Å². The third-order valence-electron chi connectivity index (χ3n) is 7.07. The summed E-state index contributed by atoms with van der Waals surface area (Å²) in [5.74, 6) is -0.682. The highest BCUT2D eigenvalue weighted by Crippen LogP contribution is 2.32. The average molecular weight is 703 g/mol. The number of hydrogen-bond acceptors (Lipinski definition) is 5. The topological polar surface area (TPSA) is 96.0 Å². The summed E-state index contributed by atoms with van der Waals surface area (Å²) >= 11 is 18.9. The van der Waals surface area contributed by atoms with E-state index >= 15 is 0 Å². The Morgan fingerprint density at radius 1 is 0.804 bits per heavy atom. The fraction of sp³-hybridized carbons (Fsp3) is 0.235. The monoisotopic (exact) mass is 701 g/mol. The van der Waals surface area contributed by atoms with Crippen LogP contribution in [-0.4, -0.2) is 50.9 Å². The fourth-order valence-electron chi connectivity index (χ4n) is 4.83. The summed E-state index contributed by atoms with van der Waals surface area (Å²) in [7, 11) is -2.84. The molecule has 1 atom stereocenters. The van der Waals surface area contributed by atoms with Crippen molar-refractivity contribution < 1.29 is 22.7 Å². The van der Waals surface area contributed by atoms with Crippen molar-refractivity contribution in [2.45, 2.75) is 43.8 Å². The zero-order valence-corrected chi connectivity index (χ0v) is 28.6. The number of sulfonamides is 1. The Kier molecular flexibility index (Phi) is 12.0. The second kappa shape index (κ2) is 15.7. The molecule has 46 heavy (non-hydrogen) atoms. The summed E-state index contributed by atoms with van der Waals surface area (Å²) in [5, 5.41) is 3.69. The lowest BCUT2D eigenvalue weighted by atomic mass is 10.0. The Labute approximate surface area is 284 Å². The highest BCUT2D eigenvalue weighted by Gasteiger charge is 2.35. The Bertz CT molecular complexity index is 1770. The number of ether oxygens (including phenoxy) is 1. The quantitative estimate of drug-likeness (QED) is 0.162. The zero-order valence-electron chi connectivity index (χ0n) is 25.5. The number of carbonyl (C=O) groups excluding carboxylic acids is 2. The van der Waals surface area contributed by atoms with Crippen LogP contribution in [0.3, 0.4) is 0 Å². The van der Waals surface area contributed by atoms with Crippen molar-refractivity contribution in [2.24, 2.45) is 0 Å². The van der Waals surface area contributed by atoms with Gasteiger partial charge in [0.15, 0.2) is 0 Å². The molecule has 0 heterocycles. The van der Waals surface area contributed by atoms with Crippen LogP contribution in [0.5, 0.6) is 5.75 Å². The molecule has 0 aromatic heterocycles. The molecule has 0 unspecified atom stereocenters. The smallest absolute Gasteiger partial charge is 0.264 e. The Morgan fingerprint density at radius 2 is 1.46 bits per heavy atom. The van der Waals surface area contributed by atoms with Crippen LogP contribution < -0.4 is 14.4 Å². The molecular formula is C34H34Cl3N3O5S. The van der Waals surface area contributed by atoms with Gasteiger partial charge in [0.1, 0.15) is 18.3 Å². The van der Waals surface area contributed by atoms with Crippen molar-refractivity contribution in [1.29, 1.82) is 0 Å². The van der Waals surface area contributed by atoms with Gasteiger partial charge in [0.25, 0.3) is 10.0 Å². The normalized spacial score (nSPS) is 12.0. The van der Waals surface area contributed by atoms with Crippen LogP contribution >= 0.6 is 34.8 Å². The number of halogens is 3. The number of benzene rings is 4. The molecule has 12 heteroatoms. The van der Waals surface area contributed by atoms with Crippen LogP contribution in [0.1, 0.15) is 25.0 Å². The highest BCUT2D eigenvalue weighted by molar-refractivity contribution is 7.92. The lowest BCUT2D eigenvalue weighted by Crippen LogP contribution is -2.54. The second-order valence-electron chi connectivity index (χ2n) is 10.8. The van der Waals surface area contributed by atoms with E-state index in [9.17, 15) is 18.0 Å². The Hall–Kier alpha value is -3.76. The van der Waals surface area contributed by atoms with Crippen LogP contribution in [0.25, 0.3) is 0 Å². The van der Waals surface area contributed by atoms with Gasteiger partial charge in [0.05, 0.1) is 32.8 Å². The zero-order chi connectivity index (χ0) is 33.4. The maximum atomic E-state index is 14.5. The van der Waals surface area contributed by atoms with Crippen molar-refractivity contribution in [3.8, 4) is 5.75 Å². The van der Waals surface area contributed by atoms with Crippen molar-refractivity contribution in [3.63, 3.8) is 0 Å². The first-order chi connectivity index (χ1) is 21.9. The molecule has 0 bridgehead atoms. The van der Waals surface area contributed by atoms with Gasteiger partial charge in [-0.3, -0.25) is 13.9 Å². The van der Waals surface area contributed by atoms with E-state index in [-0.39, 0.29) is 39.6 Å². The lowest BCUT2D eigenvalue weighted by molar-refractivity contribution is -0.140. The summed E-state index contributed by atoms with van der Waals surface area (Å²) in [5.41, 5.74) is 1.56. The van der Waals surface area contributed by atoms with E-state index in [1.165, 1.54) is 42.3 Å². The van der Waals surface area contributed by atoms with Gasteiger partial charge in [-0.05, 0) is 67.4 Å². The number of nitrogens with zero attached hydrogens (tertiary/aromatic N) is 2. The van der Waals surface area contributed by atoms with Crippen LogP contribution in [0.2, 0.25) is 15.1 Å². The van der Waals surface area contributed by atoms with Crippen molar-refractivity contribution in [1.82, 2.24) is 10.2 Å². The summed E-state index contributed by atoms with van der Waals surface area (Å²) in [4.78, 5) is 29.7. The number of rotatable bonds is 13. The van der Waals surface area contributed by atoms with Crippen molar-refractivity contribution >= 4 is 62.3 Å². The first kappa shape index (κ1) is 35.1. The fourth-order valence-corrected chi connectivity index (χ4v) is 6.83. The van der Waals surface area contributed by atoms with Gasteiger partial charge < -0.3 is 15.0 Å². The van der Waals surface area contributed by atoms with Gasteiger partial charge in [0, 0.05) is 19.0 Å². The minimum Gasteiger partial charge on any atom is -0.495 e. The maximum Gasteiger partial charge on any atom is 0.264 e. The SMILES string of the molecule is COc1ccc(N(CC(=O)N(Cc2ccc(Cl)c(Cl)c2)[C@@H](Cc2ccccc2)C(=O)NC(C)C)S(=O)(=O)c2ccccc2)cc1Cl. The molecule has 242 valence electrons. The summed E-state index contributed by atoms with van der Waals surface area (Å²) < 4.78 is 34.5. The number of amides is 2. The summed E-state index contributed by atoms with van der Waals surface area (Å²) in [6.45, 7) is 2.96. The van der Waals surface area contributed by atoms with Gasteiger partial charge in [0.2, 0.25) is 11.8 Å². The van der Waals surface area contributed by atoms with E-state index in [2.05, 4.69) is 5.32 Å². The minimum atomic E-state index is -4.28. The Balaban J connectivity index is 1.83. The molecule has 0 aliphatic carbocycles. The average Bonchev–Trinajstić information content (AvgIpc) is 3.03. The van der Waals surface area contributed by atoms with E-state index in [1.54, 1.807) is 36.4 Å². The molecule has 4 aromatic rings. The van der Waals surface area contributed by atoms with Gasteiger partial charge in [-0.2, -0.15) is 0 Å². The predicted molar refractivity (Wildman–Crippen MR) is 183 cm³/mol. The first-order valence-corrected chi connectivity index (χ1v) is 17.0. The van der Waals surface area contributed by atoms with Crippen LogP contribution in [-0.2, 0) is 32.6 Å². The molecule has 4 rings (SSSR count). The number of hydrogen-bond donors (Lipinski definition) is 1. The summed E-state index contributed by atoms with van der Waals surface area (Å²) in [6.07, 6.45) is 0.173. The van der Waals surface area contributed by atoms with E-state index < -0.39 is 34.4 Å². The van der Waals surface area contributed by atoms with Crippen LogP contribution in [0, 0.1) is 0 Å². The largest absolute Gasteiger partial charge is 0.495 e. The number of carbonyl (C=O) groups is 2. The van der Waals surface area contributed by atoms with E-state index in [4.69, 9.17) is 39.5 Å². The molecule has 0 saturated carbocycles. The summed E-state index contributed by atoms with van der Waals surface area (Å²) in [6, 6.07) is 25.2. The predicted octanol–water partition coefficient (Wildman–Crippen LogP) is 7.02. The molecule has 0 aliphatic heterocycles. The molecule has 0 saturated heterocycles. The molecule has 4 aromatic carbocycles. The second-order valence-corrected chi connectivity index (χ2v) is 13.9. The molecule has 1 N–H and O–H groups in total. The molecule has 8 nitrogen and oxygen atoms in total. The molecule has 0 radical (unpaired) electrons. The van der Waals surface area contributed by atoms with Gasteiger partial charge in [-0.25, -0.2) is 8.42 Å². The van der Waals surface area contributed by atoms with Crippen molar-refractivity contribution in [2.75, 3.05) is 18.0 Å². The Morgan fingerprint density at radius 3 is 2.04 bits per heavy atom. The molecule has 0 spiro atoms. The maximum absolute atomic E-state index is 14.5. The number of methoxy groups -OCH3 is 1. The number of anilines is 1. The lowest BCUT2D eigenvalue weighted by Gasteiger charge is -2.34. The third kappa shape index (κ3) is 8.73. The van der Waals surface area contributed by atoms with E-state index in [1.807, 2.05) is 44.2 Å². The third-order valence-corrected chi connectivity index (χ3v) is 9.89. The molecule has 0 fully saturated rings. The minimum absolute atomic E-state index is 0.0239. The van der Waals surface area contributed by atoms with Crippen molar-refractivity contribution in [3.05, 3.63) is 123 Å².